The van der Waals surface area contributed by atoms with Gasteiger partial charge in [0, 0.05) is 13.1 Å². The summed E-state index contributed by atoms with van der Waals surface area (Å²) in [6, 6.07) is 1.22. The molecule has 6 nitrogen and oxygen atoms in total. The molecule has 26 heavy (non-hydrogen) atoms. The Morgan fingerprint density at radius 2 is 2.04 bits per heavy atom. The van der Waals surface area contributed by atoms with Gasteiger partial charge in [0.25, 0.3) is 5.56 Å². The first-order chi connectivity index (χ1) is 12.6. The first kappa shape index (κ1) is 15.9. The molecule has 0 aliphatic carbocycles. The number of nitrogens with one attached hydrogen (secondary N) is 1. The number of benzene rings is 1. The van der Waals surface area contributed by atoms with Crippen molar-refractivity contribution in [3.63, 3.8) is 0 Å². The highest BCUT2D eigenvalue weighted by Crippen LogP contribution is 2.43. The second kappa shape index (κ2) is 5.57. The summed E-state index contributed by atoms with van der Waals surface area (Å²) in [4.78, 5) is 27.6. The van der Waals surface area contributed by atoms with Crippen molar-refractivity contribution in [3.05, 3.63) is 32.5 Å². The number of piperidine rings is 1. The Bertz CT molecular complexity index is 1160. The Balaban J connectivity index is 1.95. The number of rotatable bonds is 1. The number of hydrogen-bond donors (Lipinski definition) is 1. The van der Waals surface area contributed by atoms with E-state index in [1.165, 1.54) is 6.07 Å². The van der Waals surface area contributed by atoms with Crippen LogP contribution in [0.25, 0.3) is 21.1 Å². The first-order valence-corrected chi connectivity index (χ1v) is 9.69. The molecule has 1 unspecified atom stereocenters. The van der Waals surface area contributed by atoms with Crippen molar-refractivity contribution >= 4 is 38.3 Å². The Labute approximate surface area is 151 Å². The quantitative estimate of drug-likeness (QED) is 0.710. The highest BCUT2D eigenvalue weighted by molar-refractivity contribution is 7.12. The van der Waals surface area contributed by atoms with Crippen LogP contribution in [0.1, 0.15) is 32.2 Å². The van der Waals surface area contributed by atoms with Crippen LogP contribution in [0.15, 0.2) is 15.7 Å². The van der Waals surface area contributed by atoms with Crippen molar-refractivity contribution in [2.24, 2.45) is 0 Å². The zero-order valence-corrected chi connectivity index (χ0v) is 15.1. The fourth-order valence-electron chi connectivity index (χ4n) is 4.17. The maximum Gasteiger partial charge on any atom is 0.271 e. The van der Waals surface area contributed by atoms with Gasteiger partial charge in [-0.15, -0.1) is 0 Å². The van der Waals surface area contributed by atoms with Gasteiger partial charge >= 0.3 is 0 Å². The Kier molecular flexibility index (Phi) is 3.40. The molecule has 2 aliphatic heterocycles. The van der Waals surface area contributed by atoms with E-state index < -0.39 is 16.8 Å². The summed E-state index contributed by atoms with van der Waals surface area (Å²) in [6.45, 7) is 3.90. The molecule has 2 aliphatic rings. The molecule has 0 amide bonds. The number of fused-ring (bicyclic) bond motifs is 2. The van der Waals surface area contributed by atoms with Gasteiger partial charge in [-0.1, -0.05) is 0 Å². The van der Waals surface area contributed by atoms with Gasteiger partial charge in [-0.2, -0.15) is 0 Å². The first-order valence-electron chi connectivity index (χ1n) is 8.87. The van der Waals surface area contributed by atoms with Gasteiger partial charge in [0.2, 0.25) is 5.43 Å². The molecule has 136 valence electrons. The van der Waals surface area contributed by atoms with Gasteiger partial charge < -0.3 is 14.2 Å². The molecule has 2 aromatic heterocycles. The van der Waals surface area contributed by atoms with E-state index in [1.807, 2.05) is 16.4 Å². The third-order valence-corrected chi connectivity index (χ3v) is 6.26. The second-order valence-electron chi connectivity index (χ2n) is 7.05. The molecule has 0 bridgehead atoms. The fourth-order valence-corrected chi connectivity index (χ4v) is 5.11. The molecule has 5 rings (SSSR count). The largest absolute Gasteiger partial charge is 0.487 e. The maximum absolute atomic E-state index is 15.1. The summed E-state index contributed by atoms with van der Waals surface area (Å²) in [5, 5.41) is 0.313. The summed E-state index contributed by atoms with van der Waals surface area (Å²) < 4.78 is 25.6. The van der Waals surface area contributed by atoms with Gasteiger partial charge in [-0.25, -0.2) is 4.39 Å². The number of ether oxygens (including phenoxy) is 1. The van der Waals surface area contributed by atoms with Crippen LogP contribution in [-0.4, -0.2) is 28.6 Å². The molecule has 1 atom stereocenters. The Hall–Kier alpha value is -2.35. The average molecular weight is 375 g/mol. The van der Waals surface area contributed by atoms with E-state index >= 15 is 4.39 Å². The van der Waals surface area contributed by atoms with E-state index in [4.69, 9.17) is 4.74 Å². The molecular formula is C18H18FN3O3S. The second-order valence-corrected chi connectivity index (χ2v) is 7.85. The van der Waals surface area contributed by atoms with Crippen LogP contribution in [0.2, 0.25) is 0 Å². The van der Waals surface area contributed by atoms with Crippen LogP contribution >= 0.6 is 11.5 Å². The monoisotopic (exact) mass is 375 g/mol. The lowest BCUT2D eigenvalue weighted by molar-refractivity contribution is 0.250. The van der Waals surface area contributed by atoms with Crippen molar-refractivity contribution in [1.29, 1.82) is 0 Å². The topological polar surface area (TPSA) is 67.3 Å². The van der Waals surface area contributed by atoms with Crippen LogP contribution in [0.4, 0.5) is 10.1 Å². The molecular weight excluding hydrogens is 357 g/mol. The lowest BCUT2D eigenvalue weighted by Gasteiger charge is -2.34. The molecule has 0 saturated carbocycles. The number of anilines is 1. The van der Waals surface area contributed by atoms with Gasteiger partial charge in [-0.3, -0.25) is 14.0 Å². The minimum absolute atomic E-state index is 0.0563. The van der Waals surface area contributed by atoms with Crippen LogP contribution in [-0.2, 0) is 0 Å². The van der Waals surface area contributed by atoms with E-state index in [0.29, 0.717) is 28.4 Å². The van der Waals surface area contributed by atoms with Crippen molar-refractivity contribution in [2.75, 3.05) is 24.6 Å². The minimum Gasteiger partial charge on any atom is -0.487 e. The lowest BCUT2D eigenvalue weighted by atomic mass is 10.0. The highest BCUT2D eigenvalue weighted by atomic mass is 32.1. The zero-order chi connectivity index (χ0) is 18.0. The van der Waals surface area contributed by atoms with Crippen LogP contribution in [0.3, 0.4) is 0 Å². The molecule has 1 aromatic carbocycles. The normalized spacial score (nSPS) is 19.9. The van der Waals surface area contributed by atoms with E-state index in [1.54, 1.807) is 0 Å². The molecule has 0 spiro atoms. The molecule has 1 fully saturated rings. The predicted octanol–water partition coefficient (Wildman–Crippen LogP) is 2.99. The number of H-pyrrole nitrogens is 1. The molecule has 8 heteroatoms. The van der Waals surface area contributed by atoms with Gasteiger partial charge in [0.05, 0.1) is 16.9 Å². The molecule has 4 heterocycles. The van der Waals surface area contributed by atoms with Gasteiger partial charge in [0.1, 0.15) is 22.5 Å². The minimum atomic E-state index is -0.460. The standard InChI is InChI=1S/C18H18FN3O3S/c1-9-8-25-16-13-10(7-11(19)14(16)21-5-3-2-4-6-21)15(23)12-17(24)20-26-18(12)22(9)13/h7,9H,2-6,8H2,1H3,(H,20,24). The molecule has 3 aromatic rings. The molecule has 1 N–H and O–H groups in total. The summed E-state index contributed by atoms with van der Waals surface area (Å²) >= 11 is 1.15. The number of hydrogen-bond acceptors (Lipinski definition) is 5. The number of aromatic nitrogens is 2. The number of aromatic amines is 1. The SMILES string of the molecule is CC1COc2c(N3CCCCC3)c(F)cc3c(=O)c4c(=O)[nH]sc4n1c23. The third kappa shape index (κ3) is 2.02. The van der Waals surface area contributed by atoms with Gasteiger partial charge in [-0.05, 0) is 43.8 Å². The molecule has 0 radical (unpaired) electrons. The Morgan fingerprint density at radius 3 is 2.81 bits per heavy atom. The van der Waals surface area contributed by atoms with Crippen LogP contribution in [0.5, 0.6) is 5.75 Å². The highest BCUT2D eigenvalue weighted by Gasteiger charge is 2.31. The van der Waals surface area contributed by atoms with Crippen molar-refractivity contribution in [2.45, 2.75) is 32.2 Å². The Morgan fingerprint density at radius 1 is 1.27 bits per heavy atom. The van der Waals surface area contributed by atoms with Gasteiger partial charge in [0.15, 0.2) is 11.6 Å². The van der Waals surface area contributed by atoms with E-state index in [-0.39, 0.29) is 16.8 Å². The van der Waals surface area contributed by atoms with Crippen molar-refractivity contribution < 1.29 is 9.13 Å². The van der Waals surface area contributed by atoms with Crippen molar-refractivity contribution in [3.8, 4) is 5.75 Å². The lowest BCUT2D eigenvalue weighted by Crippen LogP contribution is -2.32. The fraction of sp³-hybridized carbons (Fsp3) is 0.444. The predicted molar refractivity (Wildman–Crippen MR) is 100 cm³/mol. The van der Waals surface area contributed by atoms with E-state index in [9.17, 15) is 9.59 Å². The smallest absolute Gasteiger partial charge is 0.271 e. The summed E-state index contributed by atoms with van der Waals surface area (Å²) in [6.07, 6.45) is 3.17. The zero-order valence-electron chi connectivity index (χ0n) is 14.3. The van der Waals surface area contributed by atoms with Crippen LogP contribution in [0, 0.1) is 5.82 Å². The van der Waals surface area contributed by atoms with Crippen LogP contribution < -0.4 is 20.6 Å². The van der Waals surface area contributed by atoms with E-state index in [0.717, 1.165) is 43.9 Å². The number of nitrogens with zero attached hydrogens (tertiary/aromatic N) is 2. The third-order valence-electron chi connectivity index (χ3n) is 5.38. The average Bonchev–Trinajstić information content (AvgIpc) is 3.03. The summed E-state index contributed by atoms with van der Waals surface area (Å²) in [7, 11) is 0. The number of pyridine rings is 1. The number of halogens is 1. The summed E-state index contributed by atoms with van der Waals surface area (Å²) in [5.74, 6) is -0.0292. The molecule has 1 saturated heterocycles. The van der Waals surface area contributed by atoms with E-state index in [2.05, 4.69) is 4.37 Å². The maximum atomic E-state index is 15.1. The van der Waals surface area contributed by atoms with Crippen molar-refractivity contribution in [1.82, 2.24) is 8.94 Å². The summed E-state index contributed by atoms with van der Waals surface area (Å²) in [5.41, 5.74) is 0.191.